The van der Waals surface area contributed by atoms with Crippen LogP contribution in [0.2, 0.25) is 0 Å². The largest absolute Gasteiger partial charge is 0.312 e. The van der Waals surface area contributed by atoms with Crippen LogP contribution < -0.4 is 5.32 Å². The molecule has 1 aliphatic rings. The van der Waals surface area contributed by atoms with Crippen LogP contribution in [-0.2, 0) is 6.54 Å². The minimum atomic E-state index is 0.884. The summed E-state index contributed by atoms with van der Waals surface area (Å²) in [6, 6.07) is 23.4. The fraction of sp³-hybridized carbons (Fsp3) is 0.179. The third-order valence-corrected chi connectivity index (χ3v) is 6.29. The maximum atomic E-state index is 5.13. The van der Waals surface area contributed by atoms with E-state index >= 15 is 0 Å². The average Bonchev–Trinajstić information content (AvgIpc) is 3.53. The van der Waals surface area contributed by atoms with Gasteiger partial charge in [-0.3, -0.25) is 10.1 Å². The van der Waals surface area contributed by atoms with Crippen molar-refractivity contribution in [3.8, 4) is 33.6 Å². The van der Waals surface area contributed by atoms with Crippen molar-refractivity contribution in [2.45, 2.75) is 19.4 Å². The molecule has 2 aromatic carbocycles. The Labute approximate surface area is 192 Å². The van der Waals surface area contributed by atoms with Gasteiger partial charge in [-0.25, -0.2) is 4.98 Å². The highest BCUT2D eigenvalue weighted by atomic mass is 15.1. The first kappa shape index (κ1) is 19.8. The van der Waals surface area contributed by atoms with E-state index in [9.17, 15) is 0 Å². The predicted molar refractivity (Wildman–Crippen MR) is 132 cm³/mol. The summed E-state index contributed by atoms with van der Waals surface area (Å²) in [7, 11) is 0. The molecule has 1 fully saturated rings. The first-order valence-electron chi connectivity index (χ1n) is 11.5. The van der Waals surface area contributed by atoms with Crippen molar-refractivity contribution in [2.24, 2.45) is 5.92 Å². The second-order valence-corrected chi connectivity index (χ2v) is 8.73. The predicted octanol–water partition coefficient (Wildman–Crippen LogP) is 5.85. The molecule has 0 aliphatic heterocycles. The van der Waals surface area contributed by atoms with Gasteiger partial charge in [0, 0.05) is 41.0 Å². The highest BCUT2D eigenvalue weighted by Gasteiger charge is 2.20. The fourth-order valence-corrected chi connectivity index (χ4v) is 4.29. The van der Waals surface area contributed by atoms with E-state index in [2.05, 4.69) is 75.1 Å². The van der Waals surface area contributed by atoms with Crippen molar-refractivity contribution in [2.75, 3.05) is 6.54 Å². The highest BCUT2D eigenvalue weighted by molar-refractivity contribution is 5.98. The first-order chi connectivity index (χ1) is 16.3. The Morgan fingerprint density at radius 2 is 1.73 bits per heavy atom. The quantitative estimate of drug-likeness (QED) is 0.339. The van der Waals surface area contributed by atoms with Gasteiger partial charge in [-0.05, 0) is 48.6 Å². The molecular formula is C28H25N5. The molecule has 0 saturated heterocycles. The molecular weight excluding hydrogens is 406 g/mol. The number of hydrogen-bond donors (Lipinski definition) is 2. The van der Waals surface area contributed by atoms with Crippen LogP contribution in [0.15, 0.2) is 85.3 Å². The van der Waals surface area contributed by atoms with Crippen LogP contribution in [0.3, 0.4) is 0 Å². The van der Waals surface area contributed by atoms with Crippen LogP contribution >= 0.6 is 0 Å². The lowest BCUT2D eigenvalue weighted by molar-refractivity contribution is 0.639. The number of nitrogens with zero attached hydrogens (tertiary/aromatic N) is 3. The van der Waals surface area contributed by atoms with Gasteiger partial charge < -0.3 is 5.32 Å². The van der Waals surface area contributed by atoms with E-state index in [4.69, 9.17) is 4.98 Å². The van der Waals surface area contributed by atoms with E-state index in [1.54, 1.807) is 6.20 Å². The Morgan fingerprint density at radius 3 is 2.48 bits per heavy atom. The normalized spacial score (nSPS) is 13.5. The number of aromatic nitrogens is 4. The molecule has 5 heteroatoms. The van der Waals surface area contributed by atoms with Gasteiger partial charge in [-0.1, -0.05) is 54.6 Å². The second-order valence-electron chi connectivity index (χ2n) is 8.73. The number of rotatable bonds is 7. The Hall–Kier alpha value is -3.83. The fourth-order valence-electron chi connectivity index (χ4n) is 4.29. The van der Waals surface area contributed by atoms with Gasteiger partial charge in [0.2, 0.25) is 0 Å². The zero-order chi connectivity index (χ0) is 22.0. The maximum absolute atomic E-state index is 5.13. The van der Waals surface area contributed by atoms with E-state index in [0.717, 1.165) is 63.6 Å². The zero-order valence-electron chi connectivity index (χ0n) is 18.3. The van der Waals surface area contributed by atoms with Crippen molar-refractivity contribution >= 4 is 10.9 Å². The topological polar surface area (TPSA) is 66.5 Å². The van der Waals surface area contributed by atoms with Crippen molar-refractivity contribution in [1.29, 1.82) is 0 Å². The summed E-state index contributed by atoms with van der Waals surface area (Å²) < 4.78 is 0. The van der Waals surface area contributed by atoms with Gasteiger partial charge in [0.15, 0.2) is 0 Å². The van der Waals surface area contributed by atoms with E-state index in [1.807, 2.05) is 24.5 Å². The van der Waals surface area contributed by atoms with E-state index in [0.29, 0.717) is 0 Å². The highest BCUT2D eigenvalue weighted by Crippen LogP contribution is 2.36. The number of pyridine rings is 2. The Balaban J connectivity index is 1.44. The summed E-state index contributed by atoms with van der Waals surface area (Å²) in [5, 5.41) is 11.6. The molecule has 3 heterocycles. The molecule has 0 spiro atoms. The van der Waals surface area contributed by atoms with Gasteiger partial charge in [-0.15, -0.1) is 0 Å². The van der Waals surface area contributed by atoms with Crippen LogP contribution in [0.5, 0.6) is 0 Å². The number of hydrogen-bond acceptors (Lipinski definition) is 4. The van der Waals surface area contributed by atoms with E-state index in [-0.39, 0.29) is 0 Å². The van der Waals surface area contributed by atoms with Crippen LogP contribution in [0.25, 0.3) is 44.5 Å². The Bertz CT molecular complexity index is 1370. The van der Waals surface area contributed by atoms with Gasteiger partial charge in [0.25, 0.3) is 0 Å². The maximum Gasteiger partial charge on any atom is 0.0827 e. The molecule has 3 aromatic heterocycles. The van der Waals surface area contributed by atoms with Crippen molar-refractivity contribution in [1.82, 2.24) is 25.5 Å². The third-order valence-electron chi connectivity index (χ3n) is 6.29. The molecule has 0 radical (unpaired) electrons. The van der Waals surface area contributed by atoms with Crippen molar-refractivity contribution in [3.63, 3.8) is 0 Å². The molecule has 2 N–H and O–H groups in total. The van der Waals surface area contributed by atoms with Crippen molar-refractivity contribution in [3.05, 3.63) is 90.9 Å². The zero-order valence-corrected chi connectivity index (χ0v) is 18.3. The summed E-state index contributed by atoms with van der Waals surface area (Å²) in [4.78, 5) is 9.77. The van der Waals surface area contributed by atoms with Crippen LogP contribution in [0.4, 0.5) is 0 Å². The smallest absolute Gasteiger partial charge is 0.0827 e. The molecule has 6 rings (SSSR count). The molecule has 0 amide bonds. The molecule has 0 atom stereocenters. The van der Waals surface area contributed by atoms with E-state index in [1.165, 1.54) is 18.4 Å². The molecule has 0 unspecified atom stereocenters. The monoisotopic (exact) mass is 431 g/mol. The van der Waals surface area contributed by atoms with E-state index < -0.39 is 0 Å². The standard InChI is InChI=1S/C28H25N5/c1-2-4-21(5-3-1)24-14-25-26(12-13-30-27(25)23-17-31-32-18-23)33-28(24)22-10-8-20(9-11-22)16-29-15-19-6-7-19/h1-5,8-14,17-19,29H,6-7,15-16H2,(H,31,32). The summed E-state index contributed by atoms with van der Waals surface area (Å²) in [5.41, 5.74) is 8.39. The summed E-state index contributed by atoms with van der Waals surface area (Å²) >= 11 is 0. The molecule has 33 heavy (non-hydrogen) atoms. The lowest BCUT2D eigenvalue weighted by Gasteiger charge is -2.13. The van der Waals surface area contributed by atoms with Gasteiger partial charge >= 0.3 is 0 Å². The summed E-state index contributed by atoms with van der Waals surface area (Å²) in [5.74, 6) is 0.890. The summed E-state index contributed by atoms with van der Waals surface area (Å²) in [6.07, 6.45) is 8.24. The lowest BCUT2D eigenvalue weighted by atomic mass is 9.96. The molecule has 5 nitrogen and oxygen atoms in total. The van der Waals surface area contributed by atoms with Crippen LogP contribution in [-0.4, -0.2) is 26.7 Å². The molecule has 1 aliphatic carbocycles. The molecule has 1 saturated carbocycles. The van der Waals surface area contributed by atoms with Crippen LogP contribution in [0.1, 0.15) is 18.4 Å². The number of nitrogens with one attached hydrogen (secondary N) is 2. The van der Waals surface area contributed by atoms with Gasteiger partial charge in [-0.2, -0.15) is 5.10 Å². The van der Waals surface area contributed by atoms with Gasteiger partial charge in [0.05, 0.1) is 23.1 Å². The number of H-pyrrole nitrogens is 1. The molecule has 162 valence electrons. The SMILES string of the molecule is c1ccc(-c2cc3c(-c4cn[nH]c4)nccc3nc2-c2ccc(CNCC3CC3)cc2)cc1. The second kappa shape index (κ2) is 8.60. The molecule has 0 bridgehead atoms. The molecule has 5 aromatic rings. The average molecular weight is 432 g/mol. The Morgan fingerprint density at radius 1 is 0.879 bits per heavy atom. The lowest BCUT2D eigenvalue weighted by Crippen LogP contribution is -2.15. The van der Waals surface area contributed by atoms with Crippen molar-refractivity contribution < 1.29 is 0 Å². The summed E-state index contributed by atoms with van der Waals surface area (Å²) in [6.45, 7) is 2.03. The minimum absolute atomic E-state index is 0.884. The first-order valence-corrected chi connectivity index (χ1v) is 11.5. The Kier molecular flexibility index (Phi) is 5.17. The minimum Gasteiger partial charge on any atom is -0.312 e. The van der Waals surface area contributed by atoms with Crippen LogP contribution in [0, 0.1) is 5.92 Å². The van der Waals surface area contributed by atoms with Gasteiger partial charge in [0.1, 0.15) is 0 Å². The number of aromatic amines is 1. The number of fused-ring (bicyclic) bond motifs is 1. The number of benzene rings is 2. The third kappa shape index (κ3) is 4.15.